The van der Waals surface area contributed by atoms with Gasteiger partial charge in [-0.05, 0) is 29.3 Å². The number of hydrogen-bond acceptors (Lipinski definition) is 3. The van der Waals surface area contributed by atoms with Crippen molar-refractivity contribution in [3.8, 4) is 16.9 Å². The van der Waals surface area contributed by atoms with E-state index in [-0.39, 0.29) is 39.0 Å². The smallest absolute Gasteiger partial charge is 0.479 e. The van der Waals surface area contributed by atoms with Crippen LogP contribution >= 0.6 is 23.2 Å². The lowest BCUT2D eigenvalue weighted by Gasteiger charge is -2.16. The number of alkyl halides is 4. The van der Waals surface area contributed by atoms with Gasteiger partial charge in [0.05, 0.1) is 10.0 Å². The highest BCUT2D eigenvalue weighted by atomic mass is 35.5. The Morgan fingerprint density at radius 1 is 1.00 bits per heavy atom. The molecule has 2 amide bonds. The second-order valence-electron chi connectivity index (χ2n) is 7.11. The first kappa shape index (κ1) is 26.1. The van der Waals surface area contributed by atoms with Crippen LogP contribution in [-0.2, 0) is 11.3 Å². The van der Waals surface area contributed by atoms with E-state index in [1.807, 2.05) is 0 Å². The van der Waals surface area contributed by atoms with Crippen LogP contribution in [-0.4, -0.2) is 23.5 Å². The Morgan fingerprint density at radius 2 is 1.60 bits per heavy atom. The lowest BCUT2D eigenvalue weighted by Crippen LogP contribution is -2.28. The molecule has 35 heavy (non-hydrogen) atoms. The number of rotatable bonds is 7. The van der Waals surface area contributed by atoms with E-state index in [0.29, 0.717) is 5.56 Å². The highest BCUT2D eigenvalue weighted by Crippen LogP contribution is 2.42. The summed E-state index contributed by atoms with van der Waals surface area (Å²) in [4.78, 5) is 22.9. The maximum atomic E-state index is 13.5. The van der Waals surface area contributed by atoms with Gasteiger partial charge in [0.15, 0.2) is 0 Å². The molecule has 3 N–H and O–H groups in total. The third kappa shape index (κ3) is 7.00. The second kappa shape index (κ2) is 10.8. The lowest BCUT2D eigenvalue weighted by molar-refractivity contribution is -0.274. The van der Waals surface area contributed by atoms with Crippen LogP contribution in [0.5, 0.6) is 5.75 Å². The van der Waals surface area contributed by atoms with Gasteiger partial charge in [-0.3, -0.25) is 0 Å². The van der Waals surface area contributed by atoms with Gasteiger partial charge in [0, 0.05) is 23.4 Å². The summed E-state index contributed by atoms with van der Waals surface area (Å²) in [5, 5.41) is 13.7. The summed E-state index contributed by atoms with van der Waals surface area (Å²) in [5.41, 5.74) is 0.823. The van der Waals surface area contributed by atoms with Crippen molar-refractivity contribution in [1.29, 1.82) is 0 Å². The summed E-state index contributed by atoms with van der Waals surface area (Å²) in [6, 6.07) is 12.8. The van der Waals surface area contributed by atoms with Crippen molar-refractivity contribution in [3.63, 3.8) is 0 Å². The quantitative estimate of drug-likeness (QED) is 0.287. The number of hydrogen-bond donors (Lipinski definition) is 3. The minimum Gasteiger partial charge on any atom is -0.479 e. The molecule has 12 heteroatoms. The van der Waals surface area contributed by atoms with Gasteiger partial charge in [0.25, 0.3) is 0 Å². The van der Waals surface area contributed by atoms with Crippen LogP contribution < -0.4 is 15.4 Å². The molecule has 0 saturated carbocycles. The van der Waals surface area contributed by atoms with Gasteiger partial charge in [-0.25, -0.2) is 14.0 Å². The molecule has 0 heterocycles. The fourth-order valence-corrected chi connectivity index (χ4v) is 3.78. The molecule has 0 bridgehead atoms. The molecule has 0 fully saturated rings. The highest BCUT2D eigenvalue weighted by molar-refractivity contribution is 6.40. The minimum atomic E-state index is -4.92. The number of aliphatic carboxylic acids is 1. The minimum absolute atomic E-state index is 0.0117. The van der Waals surface area contributed by atoms with Gasteiger partial charge < -0.3 is 20.5 Å². The number of halogens is 6. The van der Waals surface area contributed by atoms with Gasteiger partial charge in [-0.2, -0.15) is 0 Å². The maximum absolute atomic E-state index is 13.5. The van der Waals surface area contributed by atoms with Crippen molar-refractivity contribution in [2.45, 2.75) is 19.1 Å². The van der Waals surface area contributed by atoms with E-state index in [2.05, 4.69) is 15.4 Å². The number of nitrogens with one attached hydrogen (secondary N) is 2. The van der Waals surface area contributed by atoms with E-state index in [1.165, 1.54) is 54.6 Å². The summed E-state index contributed by atoms with van der Waals surface area (Å²) in [6.07, 6.45) is -7.07. The Bertz CT molecular complexity index is 1210. The molecule has 0 aromatic heterocycles. The summed E-state index contributed by atoms with van der Waals surface area (Å²) in [5.74, 6) is -2.09. The first-order valence-corrected chi connectivity index (χ1v) is 10.5. The second-order valence-corrected chi connectivity index (χ2v) is 7.92. The fraction of sp³-hybridized carbons (Fsp3) is 0.130. The molecular formula is C23H16Cl2F4N2O4. The van der Waals surface area contributed by atoms with Crippen LogP contribution in [0.15, 0.2) is 60.7 Å². The Kier molecular flexibility index (Phi) is 8.08. The van der Waals surface area contributed by atoms with Gasteiger partial charge in [0.2, 0.25) is 6.17 Å². The van der Waals surface area contributed by atoms with Gasteiger partial charge in [-0.1, -0.05) is 65.7 Å². The SMILES string of the molecule is O=C(NCc1ccc(C(F)C(=O)O)cc1)Nc1cc(Cl)c(-c2ccccc2OC(F)(F)F)c(Cl)c1. The lowest BCUT2D eigenvalue weighted by atomic mass is 10.0. The number of carboxylic acid groups (broad SMARTS) is 1. The van der Waals surface area contributed by atoms with Crippen molar-refractivity contribution < 1.29 is 37.0 Å². The molecule has 6 nitrogen and oxygen atoms in total. The van der Waals surface area contributed by atoms with E-state index in [9.17, 15) is 27.2 Å². The zero-order chi connectivity index (χ0) is 25.8. The largest absolute Gasteiger partial charge is 0.573 e. The molecule has 3 aromatic rings. The van der Waals surface area contributed by atoms with Crippen molar-refractivity contribution in [3.05, 3.63) is 81.8 Å². The number of carboxylic acids is 1. The van der Waals surface area contributed by atoms with Crippen molar-refractivity contribution in [2.75, 3.05) is 5.32 Å². The standard InChI is InChI=1S/C23H16Cl2F4N2O4/c24-16-9-14(10-17(25)19(16)15-3-1-2-4-18(15)35-23(27,28)29)31-22(34)30-11-12-5-7-13(8-6-12)20(26)21(32)33/h1-10,20H,11H2,(H,32,33)(H2,30,31,34). The Hall–Kier alpha value is -3.50. The molecule has 3 aromatic carbocycles. The Balaban J connectivity index is 1.70. The molecule has 1 unspecified atom stereocenters. The van der Waals surface area contributed by atoms with Crippen molar-refractivity contribution >= 4 is 40.9 Å². The molecule has 3 rings (SSSR count). The van der Waals surface area contributed by atoms with Crippen molar-refractivity contribution in [2.24, 2.45) is 0 Å². The van der Waals surface area contributed by atoms with Gasteiger partial charge in [0.1, 0.15) is 5.75 Å². The van der Waals surface area contributed by atoms with Crippen LogP contribution in [0.25, 0.3) is 11.1 Å². The van der Waals surface area contributed by atoms with Gasteiger partial charge in [-0.15, -0.1) is 13.2 Å². The molecule has 184 valence electrons. The fourth-order valence-electron chi connectivity index (χ4n) is 3.09. The molecule has 1 atom stereocenters. The third-order valence-electron chi connectivity index (χ3n) is 4.62. The molecule has 0 aliphatic carbocycles. The number of urea groups is 1. The van der Waals surface area contributed by atoms with E-state index in [0.717, 1.165) is 6.07 Å². The molecular weight excluding hydrogens is 515 g/mol. The Labute approximate surface area is 206 Å². The van der Waals surface area contributed by atoms with Crippen LogP contribution in [0.2, 0.25) is 10.0 Å². The number of ether oxygens (including phenoxy) is 1. The number of anilines is 1. The summed E-state index contributed by atoms with van der Waals surface area (Å²) in [7, 11) is 0. The summed E-state index contributed by atoms with van der Waals surface area (Å²) < 4.78 is 55.8. The number of carbonyl (C=O) groups excluding carboxylic acids is 1. The normalized spacial score (nSPS) is 12.1. The molecule has 0 radical (unpaired) electrons. The monoisotopic (exact) mass is 530 g/mol. The van der Waals surface area contributed by atoms with E-state index in [4.69, 9.17) is 28.3 Å². The van der Waals surface area contributed by atoms with E-state index in [1.54, 1.807) is 0 Å². The Morgan fingerprint density at radius 3 is 2.17 bits per heavy atom. The van der Waals surface area contributed by atoms with Crippen molar-refractivity contribution in [1.82, 2.24) is 5.32 Å². The third-order valence-corrected chi connectivity index (χ3v) is 5.22. The average molecular weight is 531 g/mol. The van der Waals surface area contributed by atoms with Crippen LogP contribution in [0, 0.1) is 0 Å². The van der Waals surface area contributed by atoms with E-state index >= 15 is 0 Å². The van der Waals surface area contributed by atoms with E-state index < -0.39 is 30.3 Å². The number of amides is 2. The number of carbonyl (C=O) groups is 2. The predicted octanol–water partition coefficient (Wildman–Crippen LogP) is 6.98. The van der Waals surface area contributed by atoms with Crippen LogP contribution in [0.1, 0.15) is 17.3 Å². The average Bonchev–Trinajstić information content (AvgIpc) is 2.77. The maximum Gasteiger partial charge on any atom is 0.573 e. The van der Waals surface area contributed by atoms with Gasteiger partial charge >= 0.3 is 18.4 Å². The first-order valence-electron chi connectivity index (χ1n) is 9.79. The zero-order valence-corrected chi connectivity index (χ0v) is 19.0. The highest BCUT2D eigenvalue weighted by Gasteiger charge is 2.32. The molecule has 0 saturated heterocycles. The molecule has 0 spiro atoms. The number of para-hydroxylation sites is 1. The summed E-state index contributed by atoms with van der Waals surface area (Å²) >= 11 is 12.5. The first-order chi connectivity index (χ1) is 16.4. The van der Waals surface area contributed by atoms with Crippen LogP contribution in [0.4, 0.5) is 28.0 Å². The molecule has 0 aliphatic heterocycles. The zero-order valence-electron chi connectivity index (χ0n) is 17.5. The topological polar surface area (TPSA) is 87.7 Å². The van der Waals surface area contributed by atoms with Crippen LogP contribution in [0.3, 0.4) is 0 Å². The number of benzene rings is 3. The summed E-state index contributed by atoms with van der Waals surface area (Å²) in [6.45, 7) is 0.0395. The molecule has 0 aliphatic rings. The predicted molar refractivity (Wildman–Crippen MR) is 122 cm³/mol.